The molecule has 0 amide bonds. The summed E-state index contributed by atoms with van der Waals surface area (Å²) in [6.07, 6.45) is 1.71. The second-order valence-corrected chi connectivity index (χ2v) is 10.4. The summed E-state index contributed by atoms with van der Waals surface area (Å²) in [4.78, 5) is 0.100. The summed E-state index contributed by atoms with van der Waals surface area (Å²) in [6, 6.07) is 9.62. The van der Waals surface area contributed by atoms with Crippen LogP contribution in [0.5, 0.6) is 5.75 Å². The molecule has 1 atom stereocenters. The van der Waals surface area contributed by atoms with E-state index in [1.54, 1.807) is 18.2 Å². The number of aromatic hydroxyl groups is 1. The third-order valence-corrected chi connectivity index (χ3v) is 7.33. The van der Waals surface area contributed by atoms with Gasteiger partial charge in [-0.1, -0.05) is 12.1 Å². The third-order valence-electron chi connectivity index (χ3n) is 4.78. The molecule has 1 aliphatic rings. The zero-order chi connectivity index (χ0) is 19.8. The van der Waals surface area contributed by atoms with Crippen LogP contribution in [0.3, 0.4) is 0 Å². The molecule has 0 fully saturated rings. The van der Waals surface area contributed by atoms with Gasteiger partial charge in [0.15, 0.2) is 9.84 Å². The zero-order valence-corrected chi connectivity index (χ0v) is 16.7. The fraction of sp³-hybridized carbons (Fsp3) is 0.333. The van der Waals surface area contributed by atoms with Crippen molar-refractivity contribution in [3.63, 3.8) is 0 Å². The maximum absolute atomic E-state index is 11.9. The van der Waals surface area contributed by atoms with Gasteiger partial charge in [-0.15, -0.1) is 0 Å². The van der Waals surface area contributed by atoms with E-state index >= 15 is 0 Å². The lowest BCUT2D eigenvalue weighted by molar-refractivity contribution is 0.457. The van der Waals surface area contributed by atoms with Crippen molar-refractivity contribution >= 4 is 19.9 Å². The van der Waals surface area contributed by atoms with Gasteiger partial charge in [0.1, 0.15) is 10.6 Å². The van der Waals surface area contributed by atoms with E-state index in [9.17, 15) is 21.9 Å². The number of benzene rings is 2. The summed E-state index contributed by atoms with van der Waals surface area (Å²) < 4.78 is 49.9. The van der Waals surface area contributed by atoms with Crippen LogP contribution < -0.4 is 10.0 Å². The molecule has 2 aromatic rings. The quantitative estimate of drug-likeness (QED) is 0.693. The predicted molar refractivity (Wildman–Crippen MR) is 102 cm³/mol. The van der Waals surface area contributed by atoms with Crippen molar-refractivity contribution in [3.05, 3.63) is 53.1 Å². The van der Waals surface area contributed by atoms with Crippen LogP contribution in [0.1, 0.15) is 22.6 Å². The van der Waals surface area contributed by atoms with Gasteiger partial charge in [-0.3, -0.25) is 0 Å². The Morgan fingerprint density at radius 2 is 1.78 bits per heavy atom. The fourth-order valence-electron chi connectivity index (χ4n) is 3.34. The first kappa shape index (κ1) is 19.8. The summed E-state index contributed by atoms with van der Waals surface area (Å²) in [7, 11) is -5.69. The molecule has 3 rings (SSSR count). The van der Waals surface area contributed by atoms with Crippen LogP contribution in [-0.2, 0) is 26.3 Å². The monoisotopic (exact) mass is 410 g/mol. The number of hydrogen-bond acceptors (Lipinski definition) is 6. The second kappa shape index (κ2) is 7.23. The lowest BCUT2D eigenvalue weighted by atomic mass is 9.88. The van der Waals surface area contributed by atoms with E-state index in [2.05, 4.69) is 10.0 Å². The number of nitrogens with one attached hydrogen (secondary N) is 2. The Morgan fingerprint density at radius 3 is 2.37 bits per heavy atom. The molecule has 27 heavy (non-hydrogen) atoms. The van der Waals surface area contributed by atoms with Crippen molar-refractivity contribution in [2.24, 2.45) is 0 Å². The molecular weight excluding hydrogens is 388 g/mol. The fourth-order valence-corrected chi connectivity index (χ4v) is 4.86. The van der Waals surface area contributed by atoms with Crippen molar-refractivity contribution in [2.45, 2.75) is 22.1 Å². The highest BCUT2D eigenvalue weighted by atomic mass is 32.2. The van der Waals surface area contributed by atoms with E-state index in [1.807, 2.05) is 0 Å². The van der Waals surface area contributed by atoms with Gasteiger partial charge in [-0.25, -0.2) is 21.6 Å². The van der Waals surface area contributed by atoms with Gasteiger partial charge in [0, 0.05) is 18.7 Å². The molecule has 9 heteroatoms. The Morgan fingerprint density at radius 1 is 1.11 bits per heavy atom. The van der Waals surface area contributed by atoms with Crippen LogP contribution in [0.25, 0.3) is 0 Å². The average molecular weight is 411 g/mol. The van der Waals surface area contributed by atoms with Crippen LogP contribution >= 0.6 is 0 Å². The van der Waals surface area contributed by atoms with Gasteiger partial charge in [0.25, 0.3) is 0 Å². The first-order valence-electron chi connectivity index (χ1n) is 8.43. The molecule has 1 heterocycles. The summed E-state index contributed by atoms with van der Waals surface area (Å²) >= 11 is 0. The van der Waals surface area contributed by atoms with Crippen molar-refractivity contribution < 1.29 is 21.9 Å². The molecule has 7 nitrogen and oxygen atoms in total. The highest BCUT2D eigenvalue weighted by Gasteiger charge is 2.25. The van der Waals surface area contributed by atoms with Gasteiger partial charge in [-0.05, 0) is 61.0 Å². The van der Waals surface area contributed by atoms with Gasteiger partial charge in [0.05, 0.1) is 4.90 Å². The Kier molecular flexibility index (Phi) is 5.31. The number of sulfone groups is 1. The first-order valence-corrected chi connectivity index (χ1v) is 11.8. The van der Waals surface area contributed by atoms with Crippen LogP contribution in [0.4, 0.5) is 0 Å². The van der Waals surface area contributed by atoms with E-state index in [0.29, 0.717) is 19.5 Å². The van der Waals surface area contributed by atoms with Crippen molar-refractivity contribution in [1.29, 1.82) is 0 Å². The maximum Gasteiger partial charge on any atom is 0.240 e. The van der Waals surface area contributed by atoms with Crippen LogP contribution in [0.2, 0.25) is 0 Å². The van der Waals surface area contributed by atoms with E-state index in [1.165, 1.54) is 25.2 Å². The van der Waals surface area contributed by atoms with E-state index in [-0.39, 0.29) is 21.5 Å². The zero-order valence-electron chi connectivity index (χ0n) is 15.1. The van der Waals surface area contributed by atoms with Crippen LogP contribution in [0, 0.1) is 0 Å². The molecule has 1 aliphatic heterocycles. The lowest BCUT2D eigenvalue weighted by Gasteiger charge is -2.20. The van der Waals surface area contributed by atoms with Crippen molar-refractivity contribution in [1.82, 2.24) is 10.0 Å². The largest absolute Gasteiger partial charge is 0.507 e. The summed E-state index contributed by atoms with van der Waals surface area (Å²) in [5, 5.41) is 13.6. The standard InChI is InChI=1S/C18H22N2O5S2/c1-19-27(24,25)14-5-3-12(4-6-14)16-11-20-8-7-13-9-18(26(2,22)23)17(21)10-15(13)16/h3-6,9-10,16,19-21H,7-8,11H2,1-2H3. The number of phenols is 1. The number of hydrogen-bond donors (Lipinski definition) is 3. The van der Waals surface area contributed by atoms with Gasteiger partial charge in [0.2, 0.25) is 10.0 Å². The number of phenolic OH excluding ortho intramolecular Hbond substituents is 1. The summed E-state index contributed by atoms with van der Waals surface area (Å²) in [5.74, 6) is -0.397. The molecule has 2 aromatic carbocycles. The molecule has 0 aliphatic carbocycles. The molecule has 0 aromatic heterocycles. The topological polar surface area (TPSA) is 113 Å². The summed E-state index contributed by atoms with van der Waals surface area (Å²) in [6.45, 7) is 1.28. The summed E-state index contributed by atoms with van der Waals surface area (Å²) in [5.41, 5.74) is 2.58. The SMILES string of the molecule is CNS(=O)(=O)c1ccc(C2CNCCc3cc(S(C)(=O)=O)c(O)cc32)cc1. The van der Waals surface area contributed by atoms with Crippen LogP contribution in [-0.4, -0.2) is 48.3 Å². The molecule has 0 bridgehead atoms. The number of rotatable bonds is 4. The third kappa shape index (κ3) is 4.01. The number of fused-ring (bicyclic) bond motifs is 1. The average Bonchev–Trinajstić information content (AvgIpc) is 2.82. The minimum absolute atomic E-state index is 0.0719. The lowest BCUT2D eigenvalue weighted by Crippen LogP contribution is -2.21. The molecule has 0 saturated heterocycles. The smallest absolute Gasteiger partial charge is 0.240 e. The molecular formula is C18H22N2O5S2. The molecule has 0 spiro atoms. The highest BCUT2D eigenvalue weighted by Crippen LogP contribution is 2.35. The Labute approximate surface area is 159 Å². The van der Waals surface area contributed by atoms with E-state index in [0.717, 1.165) is 22.9 Å². The normalized spacial score (nSPS) is 17.9. The molecule has 3 N–H and O–H groups in total. The minimum Gasteiger partial charge on any atom is -0.507 e. The predicted octanol–water partition coefficient (Wildman–Crippen LogP) is 0.981. The van der Waals surface area contributed by atoms with Gasteiger partial charge in [-0.2, -0.15) is 0 Å². The van der Waals surface area contributed by atoms with Crippen LogP contribution in [0.15, 0.2) is 46.2 Å². The van der Waals surface area contributed by atoms with Gasteiger partial charge < -0.3 is 10.4 Å². The number of sulfonamides is 1. The van der Waals surface area contributed by atoms with E-state index < -0.39 is 19.9 Å². The second-order valence-electron chi connectivity index (χ2n) is 6.57. The molecule has 1 unspecified atom stereocenters. The first-order chi connectivity index (χ1) is 12.6. The maximum atomic E-state index is 11.9. The minimum atomic E-state index is -3.53. The highest BCUT2D eigenvalue weighted by molar-refractivity contribution is 7.90. The Hall–Kier alpha value is -1.94. The van der Waals surface area contributed by atoms with Crippen molar-refractivity contribution in [3.8, 4) is 5.75 Å². The Bertz CT molecular complexity index is 1060. The van der Waals surface area contributed by atoms with E-state index in [4.69, 9.17) is 0 Å². The molecule has 0 radical (unpaired) electrons. The van der Waals surface area contributed by atoms with Crippen molar-refractivity contribution in [2.75, 3.05) is 26.4 Å². The molecule has 146 valence electrons. The van der Waals surface area contributed by atoms with Gasteiger partial charge >= 0.3 is 0 Å². The molecule has 0 saturated carbocycles. The Balaban J connectivity index is 2.07.